The first kappa shape index (κ1) is 15.9. The lowest BCUT2D eigenvalue weighted by Gasteiger charge is -2.32. The first-order valence-electron chi connectivity index (χ1n) is 8.91. The number of rotatable bonds is 3. The van der Waals surface area contributed by atoms with E-state index in [1.165, 1.54) is 0 Å². The van der Waals surface area contributed by atoms with Crippen molar-refractivity contribution in [1.82, 2.24) is 15.1 Å². The summed E-state index contributed by atoms with van der Waals surface area (Å²) in [7, 11) is 0. The van der Waals surface area contributed by atoms with Gasteiger partial charge in [-0.3, -0.25) is 14.7 Å². The van der Waals surface area contributed by atoms with Crippen LogP contribution in [0.15, 0.2) is 36.5 Å². The van der Waals surface area contributed by atoms with Gasteiger partial charge >= 0.3 is 0 Å². The lowest BCUT2D eigenvalue weighted by Crippen LogP contribution is -2.39. The number of nitrogens with zero attached hydrogens (tertiary/aromatic N) is 3. The Morgan fingerprint density at radius 3 is 2.64 bits per heavy atom. The van der Waals surface area contributed by atoms with E-state index in [0.717, 1.165) is 43.7 Å². The Hall–Kier alpha value is -2.63. The minimum atomic E-state index is 0.0588. The number of aromatic amines is 1. The third-order valence-corrected chi connectivity index (χ3v) is 5.17. The van der Waals surface area contributed by atoms with Crippen LogP contribution in [0.25, 0.3) is 0 Å². The molecule has 0 radical (unpaired) electrons. The van der Waals surface area contributed by atoms with Crippen LogP contribution in [-0.2, 0) is 4.79 Å². The van der Waals surface area contributed by atoms with E-state index in [0.29, 0.717) is 24.4 Å². The first-order chi connectivity index (χ1) is 12.2. The van der Waals surface area contributed by atoms with Crippen molar-refractivity contribution < 1.29 is 9.59 Å². The maximum Gasteiger partial charge on any atom is 0.253 e. The molecule has 1 atom stereocenters. The summed E-state index contributed by atoms with van der Waals surface area (Å²) in [4.78, 5) is 28.4. The molecule has 1 aromatic carbocycles. The molecule has 0 bridgehead atoms. The Balaban J connectivity index is 1.46. The fourth-order valence-electron chi connectivity index (χ4n) is 3.80. The van der Waals surface area contributed by atoms with E-state index in [9.17, 15) is 9.59 Å². The lowest BCUT2D eigenvalue weighted by molar-refractivity contribution is -0.117. The van der Waals surface area contributed by atoms with Crippen molar-refractivity contribution in [3.63, 3.8) is 0 Å². The van der Waals surface area contributed by atoms with Crippen molar-refractivity contribution >= 4 is 17.5 Å². The van der Waals surface area contributed by atoms with Gasteiger partial charge in [-0.1, -0.05) is 0 Å². The number of nitrogens with one attached hydrogen (secondary N) is 1. The molecule has 130 valence electrons. The minimum absolute atomic E-state index is 0.0588. The van der Waals surface area contributed by atoms with Gasteiger partial charge in [-0.15, -0.1) is 0 Å². The zero-order valence-corrected chi connectivity index (χ0v) is 14.1. The number of hydrogen-bond donors (Lipinski definition) is 1. The predicted octanol–water partition coefficient (Wildman–Crippen LogP) is 2.56. The van der Waals surface area contributed by atoms with Crippen LogP contribution in [0.5, 0.6) is 0 Å². The zero-order valence-electron chi connectivity index (χ0n) is 14.1. The van der Waals surface area contributed by atoms with Crippen molar-refractivity contribution in [2.75, 3.05) is 24.5 Å². The van der Waals surface area contributed by atoms with Crippen molar-refractivity contribution in [2.45, 2.75) is 31.6 Å². The maximum absolute atomic E-state index is 12.8. The molecule has 0 saturated carbocycles. The number of carbonyl (C=O) groups is 2. The highest BCUT2D eigenvalue weighted by atomic mass is 16.2. The number of aromatic nitrogens is 2. The highest BCUT2D eigenvalue weighted by Crippen LogP contribution is 2.27. The molecule has 1 unspecified atom stereocenters. The number of amides is 2. The summed E-state index contributed by atoms with van der Waals surface area (Å²) < 4.78 is 0. The molecule has 3 heterocycles. The average Bonchev–Trinajstić information content (AvgIpc) is 3.33. The van der Waals surface area contributed by atoms with Crippen LogP contribution in [0.2, 0.25) is 0 Å². The van der Waals surface area contributed by atoms with Crippen molar-refractivity contribution in [1.29, 1.82) is 0 Å². The van der Waals surface area contributed by atoms with E-state index in [1.807, 2.05) is 35.2 Å². The number of hydrogen-bond acceptors (Lipinski definition) is 3. The van der Waals surface area contributed by atoms with Crippen LogP contribution in [-0.4, -0.2) is 46.5 Å². The molecule has 6 heteroatoms. The Kier molecular flexibility index (Phi) is 4.26. The van der Waals surface area contributed by atoms with Crippen LogP contribution in [0, 0.1) is 0 Å². The van der Waals surface area contributed by atoms with E-state index in [2.05, 4.69) is 10.2 Å². The van der Waals surface area contributed by atoms with Gasteiger partial charge in [-0.2, -0.15) is 5.10 Å². The minimum Gasteiger partial charge on any atom is -0.338 e. The van der Waals surface area contributed by atoms with E-state index >= 15 is 0 Å². The van der Waals surface area contributed by atoms with Crippen LogP contribution in [0.1, 0.15) is 47.7 Å². The van der Waals surface area contributed by atoms with Crippen molar-refractivity contribution in [3.8, 4) is 0 Å². The summed E-state index contributed by atoms with van der Waals surface area (Å²) in [5, 5.41) is 7.04. The number of anilines is 1. The number of likely N-dealkylation sites (tertiary alicyclic amines) is 1. The molecule has 2 aliphatic rings. The molecule has 2 saturated heterocycles. The van der Waals surface area contributed by atoms with Gasteiger partial charge in [0.15, 0.2) is 0 Å². The van der Waals surface area contributed by atoms with Gasteiger partial charge in [-0.05, 0) is 49.6 Å². The molecule has 25 heavy (non-hydrogen) atoms. The molecular formula is C19H22N4O2. The second-order valence-electron chi connectivity index (χ2n) is 6.80. The van der Waals surface area contributed by atoms with Gasteiger partial charge in [0, 0.05) is 55.1 Å². The molecule has 1 aromatic heterocycles. The fourth-order valence-corrected chi connectivity index (χ4v) is 3.80. The predicted molar refractivity (Wildman–Crippen MR) is 94.5 cm³/mol. The highest BCUT2D eigenvalue weighted by Gasteiger charge is 2.27. The first-order valence-corrected chi connectivity index (χ1v) is 8.91. The lowest BCUT2D eigenvalue weighted by atomic mass is 9.94. The van der Waals surface area contributed by atoms with Gasteiger partial charge in [0.1, 0.15) is 0 Å². The van der Waals surface area contributed by atoms with Gasteiger partial charge < -0.3 is 9.80 Å². The Labute approximate surface area is 146 Å². The van der Waals surface area contributed by atoms with Crippen molar-refractivity contribution in [2.24, 2.45) is 0 Å². The third kappa shape index (κ3) is 3.16. The molecule has 2 fully saturated rings. The fraction of sp³-hybridized carbons (Fsp3) is 0.421. The summed E-state index contributed by atoms with van der Waals surface area (Å²) in [6, 6.07) is 9.42. The largest absolute Gasteiger partial charge is 0.338 e. The highest BCUT2D eigenvalue weighted by molar-refractivity contribution is 5.97. The van der Waals surface area contributed by atoms with Crippen LogP contribution in [0.3, 0.4) is 0 Å². The molecular weight excluding hydrogens is 316 g/mol. The number of piperidine rings is 1. The average molecular weight is 338 g/mol. The third-order valence-electron chi connectivity index (χ3n) is 5.17. The maximum atomic E-state index is 12.8. The zero-order chi connectivity index (χ0) is 17.2. The molecule has 0 spiro atoms. The molecule has 6 nitrogen and oxygen atoms in total. The van der Waals surface area contributed by atoms with E-state index in [-0.39, 0.29) is 11.8 Å². The second kappa shape index (κ2) is 6.70. The van der Waals surface area contributed by atoms with Gasteiger partial charge in [-0.25, -0.2) is 0 Å². The molecule has 2 aromatic rings. The van der Waals surface area contributed by atoms with Gasteiger partial charge in [0.2, 0.25) is 5.91 Å². The van der Waals surface area contributed by atoms with Crippen LogP contribution < -0.4 is 4.90 Å². The summed E-state index contributed by atoms with van der Waals surface area (Å²) in [6.45, 7) is 2.27. The van der Waals surface area contributed by atoms with E-state index in [4.69, 9.17) is 0 Å². The van der Waals surface area contributed by atoms with Crippen LogP contribution >= 0.6 is 0 Å². The molecule has 2 aliphatic heterocycles. The smallest absolute Gasteiger partial charge is 0.253 e. The van der Waals surface area contributed by atoms with Crippen LogP contribution in [0.4, 0.5) is 5.69 Å². The Morgan fingerprint density at radius 2 is 1.96 bits per heavy atom. The van der Waals surface area contributed by atoms with Gasteiger partial charge in [0.05, 0.1) is 0 Å². The quantitative estimate of drug-likeness (QED) is 0.935. The SMILES string of the molecule is O=C(c1ccc(N2CCCC2=O)cc1)N1CCCC(c2ccn[nH]2)C1. The Morgan fingerprint density at radius 1 is 1.12 bits per heavy atom. The summed E-state index contributed by atoms with van der Waals surface area (Å²) in [5.41, 5.74) is 2.66. The van der Waals surface area contributed by atoms with Crippen molar-refractivity contribution in [3.05, 3.63) is 47.8 Å². The second-order valence-corrected chi connectivity index (χ2v) is 6.80. The normalized spacial score (nSPS) is 21.0. The number of carbonyl (C=O) groups excluding carboxylic acids is 2. The Bertz CT molecular complexity index is 754. The topological polar surface area (TPSA) is 69.3 Å². The standard InChI is InChI=1S/C19H22N4O2/c24-18-4-2-12-23(18)16-7-5-14(6-8-16)19(25)22-11-1-3-15(13-22)17-9-10-20-21-17/h5-10,15H,1-4,11-13H2,(H,20,21). The summed E-state index contributed by atoms with van der Waals surface area (Å²) >= 11 is 0. The summed E-state index contributed by atoms with van der Waals surface area (Å²) in [6.07, 6.45) is 5.35. The molecule has 4 rings (SSSR count). The molecule has 2 amide bonds. The van der Waals surface area contributed by atoms with E-state index < -0.39 is 0 Å². The number of benzene rings is 1. The van der Waals surface area contributed by atoms with Gasteiger partial charge in [0.25, 0.3) is 5.91 Å². The number of H-pyrrole nitrogens is 1. The summed E-state index contributed by atoms with van der Waals surface area (Å²) in [5.74, 6) is 0.544. The monoisotopic (exact) mass is 338 g/mol. The molecule has 0 aliphatic carbocycles. The molecule has 1 N–H and O–H groups in total. The van der Waals surface area contributed by atoms with E-state index in [1.54, 1.807) is 11.1 Å².